The number of benzene rings is 1. The molecule has 2 rings (SSSR count). The molecule has 0 unspecified atom stereocenters. The highest BCUT2D eigenvalue weighted by molar-refractivity contribution is 9.10. The minimum absolute atomic E-state index is 0.582. The molecule has 0 radical (unpaired) electrons. The molecule has 0 spiro atoms. The van der Waals surface area contributed by atoms with E-state index < -0.39 is 0 Å². The van der Waals surface area contributed by atoms with Gasteiger partial charge in [0.05, 0.1) is 21.1 Å². The summed E-state index contributed by atoms with van der Waals surface area (Å²) >= 11 is 9.20. The number of hydrogen-bond donors (Lipinski definition) is 1. The van der Waals surface area contributed by atoms with E-state index in [0.717, 1.165) is 15.9 Å². The third kappa shape index (κ3) is 3.22. The van der Waals surface area contributed by atoms with Crippen molar-refractivity contribution < 1.29 is 0 Å². The standard InChI is InChI=1S/C13H9BrClN3/c14-12-5-11(15)8-18-13(12)17-7-10-3-1-2-9(4-10)6-16/h1-5,8H,7H2,(H,17,18). The van der Waals surface area contributed by atoms with Gasteiger partial charge in [0, 0.05) is 12.7 Å². The van der Waals surface area contributed by atoms with Crippen LogP contribution in [0.25, 0.3) is 0 Å². The molecule has 5 heteroatoms. The fourth-order valence-electron chi connectivity index (χ4n) is 1.48. The monoisotopic (exact) mass is 321 g/mol. The predicted octanol–water partition coefficient (Wildman–Crippen LogP) is 3.98. The van der Waals surface area contributed by atoms with Crippen LogP contribution in [0.4, 0.5) is 5.82 Å². The first-order valence-corrected chi connectivity index (χ1v) is 6.40. The molecule has 2 aromatic rings. The van der Waals surface area contributed by atoms with Crippen LogP contribution in [0.2, 0.25) is 5.02 Å². The molecule has 0 aliphatic rings. The number of anilines is 1. The molecule has 0 saturated carbocycles. The Balaban J connectivity index is 2.09. The average molecular weight is 323 g/mol. The minimum atomic E-state index is 0.582. The van der Waals surface area contributed by atoms with Gasteiger partial charge in [-0.3, -0.25) is 0 Å². The van der Waals surface area contributed by atoms with Crippen molar-refractivity contribution in [1.82, 2.24) is 4.98 Å². The van der Waals surface area contributed by atoms with Crippen LogP contribution in [-0.2, 0) is 6.54 Å². The molecule has 90 valence electrons. The van der Waals surface area contributed by atoms with Gasteiger partial charge in [0.2, 0.25) is 0 Å². The Kier molecular flexibility index (Phi) is 4.19. The molecule has 0 saturated heterocycles. The van der Waals surface area contributed by atoms with Crippen molar-refractivity contribution in [3.63, 3.8) is 0 Å². The molecular formula is C13H9BrClN3. The number of hydrogen-bond acceptors (Lipinski definition) is 3. The zero-order valence-electron chi connectivity index (χ0n) is 9.32. The van der Waals surface area contributed by atoms with E-state index in [1.54, 1.807) is 18.3 Å². The van der Waals surface area contributed by atoms with Gasteiger partial charge in [0.15, 0.2) is 0 Å². The van der Waals surface area contributed by atoms with Crippen molar-refractivity contribution in [3.8, 4) is 6.07 Å². The first kappa shape index (κ1) is 12.9. The smallest absolute Gasteiger partial charge is 0.140 e. The van der Waals surface area contributed by atoms with E-state index in [-0.39, 0.29) is 0 Å². The molecule has 3 nitrogen and oxygen atoms in total. The Morgan fingerprint density at radius 3 is 2.94 bits per heavy atom. The maximum atomic E-state index is 8.82. The van der Waals surface area contributed by atoms with Gasteiger partial charge >= 0.3 is 0 Å². The second-order valence-corrected chi connectivity index (χ2v) is 4.94. The van der Waals surface area contributed by atoms with E-state index in [1.807, 2.05) is 18.2 Å². The van der Waals surface area contributed by atoms with E-state index in [9.17, 15) is 0 Å². The van der Waals surface area contributed by atoms with Gasteiger partial charge < -0.3 is 5.32 Å². The van der Waals surface area contributed by atoms with Gasteiger partial charge in [-0.1, -0.05) is 23.7 Å². The Bertz CT molecular complexity index is 607. The number of pyridine rings is 1. The lowest BCUT2D eigenvalue weighted by atomic mass is 10.1. The summed E-state index contributed by atoms with van der Waals surface area (Å²) in [6.07, 6.45) is 1.58. The van der Waals surface area contributed by atoms with Gasteiger partial charge in [-0.2, -0.15) is 5.26 Å². The van der Waals surface area contributed by atoms with E-state index in [4.69, 9.17) is 16.9 Å². The zero-order valence-corrected chi connectivity index (χ0v) is 11.7. The maximum absolute atomic E-state index is 8.82. The Morgan fingerprint density at radius 1 is 1.39 bits per heavy atom. The number of nitriles is 1. The van der Waals surface area contributed by atoms with Crippen molar-refractivity contribution in [2.24, 2.45) is 0 Å². The third-order valence-corrected chi connectivity index (χ3v) is 3.14. The lowest BCUT2D eigenvalue weighted by Gasteiger charge is -2.07. The van der Waals surface area contributed by atoms with E-state index in [1.165, 1.54) is 0 Å². The van der Waals surface area contributed by atoms with Crippen LogP contribution in [0.15, 0.2) is 41.0 Å². The van der Waals surface area contributed by atoms with Crippen LogP contribution in [-0.4, -0.2) is 4.98 Å². The summed E-state index contributed by atoms with van der Waals surface area (Å²) in [5, 5.41) is 12.6. The first-order valence-electron chi connectivity index (χ1n) is 5.23. The largest absolute Gasteiger partial charge is 0.365 e. The highest BCUT2D eigenvalue weighted by atomic mass is 79.9. The van der Waals surface area contributed by atoms with E-state index >= 15 is 0 Å². The summed E-state index contributed by atoms with van der Waals surface area (Å²) in [7, 11) is 0. The molecule has 18 heavy (non-hydrogen) atoms. The fourth-order valence-corrected chi connectivity index (χ4v) is 2.26. The van der Waals surface area contributed by atoms with Crippen molar-refractivity contribution in [1.29, 1.82) is 5.26 Å². The second kappa shape index (κ2) is 5.85. The van der Waals surface area contributed by atoms with Crippen LogP contribution in [0.1, 0.15) is 11.1 Å². The molecule has 1 heterocycles. The summed E-state index contributed by atoms with van der Waals surface area (Å²) in [5.41, 5.74) is 1.68. The summed E-state index contributed by atoms with van der Waals surface area (Å²) in [6.45, 7) is 0.600. The minimum Gasteiger partial charge on any atom is -0.365 e. The van der Waals surface area contributed by atoms with Gasteiger partial charge in [-0.15, -0.1) is 0 Å². The summed E-state index contributed by atoms with van der Waals surface area (Å²) in [6, 6.07) is 11.3. The van der Waals surface area contributed by atoms with E-state index in [2.05, 4.69) is 32.3 Å². The SMILES string of the molecule is N#Cc1cccc(CNc2ncc(Cl)cc2Br)c1. The molecule has 0 fully saturated rings. The molecule has 0 aliphatic heterocycles. The highest BCUT2D eigenvalue weighted by Gasteiger charge is 2.02. The lowest BCUT2D eigenvalue weighted by molar-refractivity contribution is 1.10. The van der Waals surface area contributed by atoms with Gasteiger partial charge in [0.1, 0.15) is 5.82 Å². The van der Waals surface area contributed by atoms with Gasteiger partial charge in [-0.25, -0.2) is 4.98 Å². The molecule has 1 aromatic heterocycles. The van der Waals surface area contributed by atoms with Gasteiger partial charge in [0.25, 0.3) is 0 Å². The second-order valence-electron chi connectivity index (χ2n) is 3.65. The number of aromatic nitrogens is 1. The Hall–Kier alpha value is -1.57. The van der Waals surface area contributed by atoms with Crippen LogP contribution in [0.3, 0.4) is 0 Å². The summed E-state index contributed by atoms with van der Waals surface area (Å²) < 4.78 is 0.812. The number of halogens is 2. The quantitative estimate of drug-likeness (QED) is 0.930. The van der Waals surface area contributed by atoms with Crippen molar-refractivity contribution >= 4 is 33.3 Å². The van der Waals surface area contributed by atoms with Gasteiger partial charge in [-0.05, 0) is 39.7 Å². The van der Waals surface area contributed by atoms with Crippen LogP contribution in [0, 0.1) is 11.3 Å². The normalized spacial score (nSPS) is 9.83. The maximum Gasteiger partial charge on any atom is 0.140 e. The third-order valence-electron chi connectivity index (χ3n) is 2.32. The van der Waals surface area contributed by atoms with Crippen molar-refractivity contribution in [2.75, 3.05) is 5.32 Å². The van der Waals surface area contributed by atoms with Crippen LogP contribution < -0.4 is 5.32 Å². The predicted molar refractivity (Wildman–Crippen MR) is 75.4 cm³/mol. The topological polar surface area (TPSA) is 48.7 Å². The van der Waals surface area contributed by atoms with Crippen molar-refractivity contribution in [3.05, 3.63) is 57.2 Å². The highest BCUT2D eigenvalue weighted by Crippen LogP contribution is 2.23. The Morgan fingerprint density at radius 2 is 2.22 bits per heavy atom. The molecule has 0 bridgehead atoms. The fraction of sp³-hybridized carbons (Fsp3) is 0.0769. The molecule has 1 N–H and O–H groups in total. The molecule has 0 amide bonds. The Labute approximate surface area is 119 Å². The molecule has 1 aromatic carbocycles. The van der Waals surface area contributed by atoms with Crippen LogP contribution >= 0.6 is 27.5 Å². The first-order chi connectivity index (χ1) is 8.69. The number of nitrogens with one attached hydrogen (secondary N) is 1. The molecule has 0 atom stereocenters. The number of rotatable bonds is 3. The molecule has 0 aliphatic carbocycles. The average Bonchev–Trinajstić information content (AvgIpc) is 2.38. The molecular weight excluding hydrogens is 314 g/mol. The zero-order chi connectivity index (χ0) is 13.0. The lowest BCUT2D eigenvalue weighted by Crippen LogP contribution is -2.02. The van der Waals surface area contributed by atoms with Crippen molar-refractivity contribution in [2.45, 2.75) is 6.54 Å². The summed E-state index contributed by atoms with van der Waals surface area (Å²) in [5.74, 6) is 0.724. The summed E-state index contributed by atoms with van der Waals surface area (Å²) in [4.78, 5) is 4.18. The van der Waals surface area contributed by atoms with E-state index in [0.29, 0.717) is 17.1 Å². The van der Waals surface area contributed by atoms with Crippen LogP contribution in [0.5, 0.6) is 0 Å². The number of nitrogens with zero attached hydrogens (tertiary/aromatic N) is 2.